The van der Waals surface area contributed by atoms with Gasteiger partial charge in [-0.1, -0.05) is 30.0 Å². The Morgan fingerprint density at radius 2 is 2.12 bits per heavy atom. The highest BCUT2D eigenvalue weighted by Crippen LogP contribution is 2.06. The first-order valence-electron chi connectivity index (χ1n) is 5.86. The van der Waals surface area contributed by atoms with Crippen LogP contribution in [0.25, 0.3) is 0 Å². The largest absolute Gasteiger partial charge is 0.327 e. The maximum Gasteiger partial charge on any atom is 0.0605 e. The van der Waals surface area contributed by atoms with Crippen LogP contribution in [0, 0.1) is 11.8 Å². The molecule has 2 nitrogen and oxygen atoms in total. The van der Waals surface area contributed by atoms with Gasteiger partial charge in [-0.05, 0) is 31.5 Å². The van der Waals surface area contributed by atoms with Crippen LogP contribution in [-0.4, -0.2) is 30.6 Å². The Hall–Kier alpha value is -1.30. The molecule has 16 heavy (non-hydrogen) atoms. The first kappa shape index (κ1) is 11.2. The molecule has 1 unspecified atom stereocenters. The molecule has 0 bridgehead atoms. The Labute approximate surface area is 97.4 Å². The Balaban J connectivity index is 1.85. The molecule has 2 heteroatoms. The number of benzene rings is 1. The fraction of sp³-hybridized carbons (Fsp3) is 0.429. The number of nitrogens with zero attached hydrogens (tertiary/aromatic N) is 1. The van der Waals surface area contributed by atoms with Crippen LogP contribution in [0.1, 0.15) is 18.4 Å². The molecule has 1 aromatic rings. The van der Waals surface area contributed by atoms with Crippen LogP contribution < -0.4 is 5.73 Å². The molecular formula is C14H18N2. The quantitative estimate of drug-likeness (QED) is 0.717. The van der Waals surface area contributed by atoms with Crippen molar-refractivity contribution in [1.29, 1.82) is 0 Å². The van der Waals surface area contributed by atoms with E-state index in [1.54, 1.807) is 0 Å². The summed E-state index contributed by atoms with van der Waals surface area (Å²) in [5, 5.41) is 0. The van der Waals surface area contributed by atoms with Crippen LogP contribution in [0.2, 0.25) is 0 Å². The number of piperidine rings is 1. The molecule has 1 heterocycles. The summed E-state index contributed by atoms with van der Waals surface area (Å²) in [6, 6.07) is 10.5. The van der Waals surface area contributed by atoms with Crippen LogP contribution in [-0.2, 0) is 0 Å². The van der Waals surface area contributed by atoms with Crippen molar-refractivity contribution >= 4 is 0 Å². The number of nitrogens with two attached hydrogens (primary N) is 1. The summed E-state index contributed by atoms with van der Waals surface area (Å²) >= 11 is 0. The second kappa shape index (κ2) is 5.69. The minimum atomic E-state index is 0.340. The third-order valence-corrected chi connectivity index (χ3v) is 2.85. The number of hydrogen-bond donors (Lipinski definition) is 1. The molecule has 84 valence electrons. The zero-order chi connectivity index (χ0) is 11.2. The maximum absolute atomic E-state index is 5.92. The van der Waals surface area contributed by atoms with E-state index < -0.39 is 0 Å². The molecule has 2 rings (SSSR count). The molecule has 1 aliphatic rings. The van der Waals surface area contributed by atoms with E-state index in [9.17, 15) is 0 Å². The monoisotopic (exact) mass is 214 g/mol. The highest BCUT2D eigenvalue weighted by Gasteiger charge is 2.14. The molecule has 1 atom stereocenters. The van der Waals surface area contributed by atoms with Crippen molar-refractivity contribution in [1.82, 2.24) is 4.90 Å². The van der Waals surface area contributed by atoms with E-state index in [4.69, 9.17) is 5.73 Å². The Bertz CT molecular complexity index is 375. The van der Waals surface area contributed by atoms with Crippen LogP contribution in [0.4, 0.5) is 0 Å². The van der Waals surface area contributed by atoms with Gasteiger partial charge in [-0.3, -0.25) is 4.90 Å². The second-order valence-corrected chi connectivity index (χ2v) is 4.31. The zero-order valence-electron chi connectivity index (χ0n) is 9.52. The van der Waals surface area contributed by atoms with Crippen molar-refractivity contribution < 1.29 is 0 Å². The third kappa shape index (κ3) is 3.37. The first-order chi connectivity index (χ1) is 7.84. The molecule has 0 radical (unpaired) electrons. The van der Waals surface area contributed by atoms with Crippen LogP contribution >= 0.6 is 0 Å². The maximum atomic E-state index is 5.92. The molecule has 1 aromatic carbocycles. The lowest BCUT2D eigenvalue weighted by atomic mass is 10.1. The molecule has 1 saturated heterocycles. The fourth-order valence-corrected chi connectivity index (χ4v) is 2.01. The van der Waals surface area contributed by atoms with E-state index in [1.165, 1.54) is 6.42 Å². The van der Waals surface area contributed by atoms with Gasteiger partial charge in [0.2, 0.25) is 0 Å². The summed E-state index contributed by atoms with van der Waals surface area (Å²) < 4.78 is 0. The van der Waals surface area contributed by atoms with Gasteiger partial charge in [-0.15, -0.1) is 0 Å². The van der Waals surface area contributed by atoms with Crippen LogP contribution in [0.5, 0.6) is 0 Å². The minimum absolute atomic E-state index is 0.340. The Morgan fingerprint density at radius 1 is 1.31 bits per heavy atom. The number of hydrogen-bond acceptors (Lipinski definition) is 2. The van der Waals surface area contributed by atoms with Gasteiger partial charge < -0.3 is 5.73 Å². The van der Waals surface area contributed by atoms with Gasteiger partial charge in [0.1, 0.15) is 0 Å². The van der Waals surface area contributed by atoms with Crippen molar-refractivity contribution in [3.63, 3.8) is 0 Å². The van der Waals surface area contributed by atoms with E-state index in [0.29, 0.717) is 6.04 Å². The van der Waals surface area contributed by atoms with Gasteiger partial charge in [0.05, 0.1) is 6.54 Å². The normalized spacial score (nSPS) is 21.2. The highest BCUT2D eigenvalue weighted by atomic mass is 15.1. The molecule has 1 aliphatic heterocycles. The molecule has 2 N–H and O–H groups in total. The lowest BCUT2D eigenvalue weighted by Gasteiger charge is -2.28. The third-order valence-electron chi connectivity index (χ3n) is 2.85. The summed E-state index contributed by atoms with van der Waals surface area (Å²) in [6.07, 6.45) is 2.36. The summed E-state index contributed by atoms with van der Waals surface area (Å²) in [4.78, 5) is 2.34. The first-order valence-corrected chi connectivity index (χ1v) is 5.86. The summed E-state index contributed by atoms with van der Waals surface area (Å²) in [5.41, 5.74) is 7.00. The topological polar surface area (TPSA) is 29.3 Å². The van der Waals surface area contributed by atoms with Crippen LogP contribution in [0.15, 0.2) is 30.3 Å². The lowest BCUT2D eigenvalue weighted by Crippen LogP contribution is -2.42. The predicted octanol–water partition coefficient (Wildman–Crippen LogP) is 1.46. The van der Waals surface area contributed by atoms with Gasteiger partial charge in [0.15, 0.2) is 0 Å². The van der Waals surface area contributed by atoms with E-state index >= 15 is 0 Å². The molecule has 0 spiro atoms. The van der Waals surface area contributed by atoms with Gasteiger partial charge in [0, 0.05) is 18.2 Å². The van der Waals surface area contributed by atoms with E-state index in [2.05, 4.69) is 16.7 Å². The molecule has 0 saturated carbocycles. The lowest BCUT2D eigenvalue weighted by molar-refractivity contribution is 0.232. The molecule has 1 fully saturated rings. The Kier molecular flexibility index (Phi) is 3.98. The summed E-state index contributed by atoms with van der Waals surface area (Å²) in [5.74, 6) is 6.39. The van der Waals surface area contributed by atoms with Gasteiger partial charge in [0.25, 0.3) is 0 Å². The highest BCUT2D eigenvalue weighted by molar-refractivity contribution is 5.33. The zero-order valence-corrected chi connectivity index (χ0v) is 9.52. The Morgan fingerprint density at radius 3 is 2.88 bits per heavy atom. The SMILES string of the molecule is NC1CCCN(CC#Cc2ccccc2)C1. The molecule has 0 aromatic heterocycles. The minimum Gasteiger partial charge on any atom is -0.327 e. The second-order valence-electron chi connectivity index (χ2n) is 4.31. The summed E-state index contributed by atoms with van der Waals surface area (Å²) in [7, 11) is 0. The molecule has 0 amide bonds. The smallest absolute Gasteiger partial charge is 0.0605 e. The molecule has 0 aliphatic carbocycles. The number of likely N-dealkylation sites (tertiary alicyclic amines) is 1. The van der Waals surface area contributed by atoms with E-state index in [-0.39, 0.29) is 0 Å². The number of rotatable bonds is 1. The van der Waals surface area contributed by atoms with E-state index in [0.717, 1.165) is 31.6 Å². The average molecular weight is 214 g/mol. The molecular weight excluding hydrogens is 196 g/mol. The standard InChI is InChI=1S/C14H18N2/c15-14-9-5-11-16(12-14)10-4-8-13-6-2-1-3-7-13/h1-3,6-7,14H,5,9-12,15H2. The fourth-order valence-electron chi connectivity index (χ4n) is 2.01. The van der Waals surface area contributed by atoms with Gasteiger partial charge in [-0.2, -0.15) is 0 Å². The van der Waals surface area contributed by atoms with Crippen molar-refractivity contribution in [2.45, 2.75) is 18.9 Å². The average Bonchev–Trinajstić information content (AvgIpc) is 2.30. The van der Waals surface area contributed by atoms with Crippen molar-refractivity contribution in [2.75, 3.05) is 19.6 Å². The van der Waals surface area contributed by atoms with Crippen LogP contribution in [0.3, 0.4) is 0 Å². The predicted molar refractivity (Wildman–Crippen MR) is 67.0 cm³/mol. The summed E-state index contributed by atoms with van der Waals surface area (Å²) in [6.45, 7) is 2.96. The van der Waals surface area contributed by atoms with Gasteiger partial charge >= 0.3 is 0 Å². The van der Waals surface area contributed by atoms with Gasteiger partial charge in [-0.25, -0.2) is 0 Å². The van der Waals surface area contributed by atoms with Crippen molar-refractivity contribution in [3.05, 3.63) is 35.9 Å². The van der Waals surface area contributed by atoms with Crippen molar-refractivity contribution in [2.24, 2.45) is 5.73 Å². The van der Waals surface area contributed by atoms with Crippen molar-refractivity contribution in [3.8, 4) is 11.8 Å². The van der Waals surface area contributed by atoms with E-state index in [1.807, 2.05) is 30.3 Å².